The zero-order valence-corrected chi connectivity index (χ0v) is 12.4. The van der Waals surface area contributed by atoms with Crippen LogP contribution in [0.5, 0.6) is 0 Å². The lowest BCUT2D eigenvalue weighted by Crippen LogP contribution is -2.51. The van der Waals surface area contributed by atoms with Crippen molar-refractivity contribution in [1.82, 2.24) is 4.98 Å². The van der Waals surface area contributed by atoms with Gasteiger partial charge in [0.1, 0.15) is 5.60 Å². The Hall–Kier alpha value is -2.32. The van der Waals surface area contributed by atoms with Crippen molar-refractivity contribution in [2.75, 3.05) is 0 Å². The molecule has 0 aliphatic carbocycles. The van der Waals surface area contributed by atoms with E-state index < -0.39 is 17.1 Å². The molecule has 0 saturated heterocycles. The molecule has 1 atom stereocenters. The maximum atomic E-state index is 12.2. The average Bonchev–Trinajstić information content (AvgIpc) is 2.80. The number of benzene rings is 1. The topological polar surface area (TPSA) is 91.9 Å². The van der Waals surface area contributed by atoms with Crippen molar-refractivity contribution in [1.29, 1.82) is 5.26 Å². The van der Waals surface area contributed by atoms with Crippen LogP contribution in [0.3, 0.4) is 0 Å². The number of aromatic nitrogens is 1. The molecule has 3 N–H and O–H groups in total. The Morgan fingerprint density at radius 3 is 2.67 bits per heavy atom. The smallest absolute Gasteiger partial charge is 0.341 e. The molecule has 0 bridgehead atoms. The highest BCUT2D eigenvalue weighted by Crippen LogP contribution is 2.23. The van der Waals surface area contributed by atoms with Gasteiger partial charge < -0.3 is 15.5 Å². The number of aromatic amines is 1. The molecular weight excluding hydrogens is 266 g/mol. The summed E-state index contributed by atoms with van der Waals surface area (Å²) < 4.78 is 5.26. The van der Waals surface area contributed by atoms with E-state index in [2.05, 4.69) is 4.98 Å². The van der Waals surface area contributed by atoms with Gasteiger partial charge in [-0.3, -0.25) is 0 Å². The fraction of sp³-hybridized carbons (Fsp3) is 0.375. The number of H-pyrrole nitrogens is 1. The van der Waals surface area contributed by atoms with Crippen LogP contribution < -0.4 is 5.73 Å². The lowest BCUT2D eigenvalue weighted by molar-refractivity contribution is -0.159. The second-order valence-corrected chi connectivity index (χ2v) is 6.12. The van der Waals surface area contributed by atoms with E-state index in [1.54, 1.807) is 27.0 Å². The number of ether oxygens (including phenoxy) is 1. The van der Waals surface area contributed by atoms with Crippen LogP contribution in [0, 0.1) is 11.3 Å². The summed E-state index contributed by atoms with van der Waals surface area (Å²) in [6.45, 7) is 5.23. The molecule has 0 saturated carbocycles. The Kier molecular flexibility index (Phi) is 3.75. The monoisotopic (exact) mass is 285 g/mol. The van der Waals surface area contributed by atoms with Gasteiger partial charge in [0.15, 0.2) is 0 Å². The Labute approximate surface area is 123 Å². The molecule has 1 aromatic carbocycles. The first kappa shape index (κ1) is 15.1. The number of carbonyl (C=O) groups excluding carboxylic acids is 1. The summed E-state index contributed by atoms with van der Waals surface area (Å²) in [5.74, 6) is -0.706. The molecular formula is C16H19N3O2. The standard InChI is InChI=1S/C16H19N3O2/c1-15(2,3)21-14(20)16(18,10-17)8-11-9-19-13-7-5-4-6-12(11)13/h4-7,9,19H,8,18H2,1-3H3/t16-/m0/s1. The molecule has 5 heteroatoms. The van der Waals surface area contributed by atoms with E-state index in [0.717, 1.165) is 16.5 Å². The van der Waals surface area contributed by atoms with Crippen LogP contribution >= 0.6 is 0 Å². The molecule has 0 radical (unpaired) electrons. The summed E-state index contributed by atoms with van der Waals surface area (Å²) >= 11 is 0. The van der Waals surface area contributed by atoms with Crippen molar-refractivity contribution in [3.8, 4) is 6.07 Å². The van der Waals surface area contributed by atoms with Crippen LogP contribution in [-0.4, -0.2) is 22.1 Å². The number of esters is 1. The number of nitrogens with two attached hydrogens (primary N) is 1. The van der Waals surface area contributed by atoms with Gasteiger partial charge in [0.25, 0.3) is 0 Å². The lowest BCUT2D eigenvalue weighted by Gasteiger charge is -2.26. The van der Waals surface area contributed by atoms with Gasteiger partial charge >= 0.3 is 5.97 Å². The van der Waals surface area contributed by atoms with Gasteiger partial charge in [-0.2, -0.15) is 5.26 Å². The first-order chi connectivity index (χ1) is 9.75. The third kappa shape index (κ3) is 3.23. The third-order valence-electron chi connectivity index (χ3n) is 3.11. The number of nitrogens with zero attached hydrogens (tertiary/aromatic N) is 1. The Morgan fingerprint density at radius 1 is 1.38 bits per heavy atom. The van der Waals surface area contributed by atoms with Crippen LogP contribution in [0.4, 0.5) is 0 Å². The van der Waals surface area contributed by atoms with Gasteiger partial charge in [0.05, 0.1) is 6.07 Å². The highest BCUT2D eigenvalue weighted by Gasteiger charge is 2.39. The van der Waals surface area contributed by atoms with Gasteiger partial charge in [-0.15, -0.1) is 0 Å². The van der Waals surface area contributed by atoms with Crippen LogP contribution in [0.25, 0.3) is 10.9 Å². The number of rotatable bonds is 3. The maximum Gasteiger partial charge on any atom is 0.341 e. The second-order valence-electron chi connectivity index (χ2n) is 6.12. The van der Waals surface area contributed by atoms with Gasteiger partial charge in [-0.05, 0) is 32.4 Å². The zero-order valence-electron chi connectivity index (χ0n) is 12.4. The Morgan fingerprint density at radius 2 is 2.05 bits per heavy atom. The molecule has 0 fully saturated rings. The minimum absolute atomic E-state index is 0.0996. The SMILES string of the molecule is CC(C)(C)OC(=O)[C@@](N)(C#N)Cc1c[nH]c2ccccc12. The number of hydrogen-bond acceptors (Lipinski definition) is 4. The molecule has 0 spiro atoms. The first-order valence-electron chi connectivity index (χ1n) is 6.74. The maximum absolute atomic E-state index is 12.2. The zero-order chi connectivity index (χ0) is 15.7. The van der Waals surface area contributed by atoms with Crippen molar-refractivity contribution >= 4 is 16.9 Å². The number of nitrogens with one attached hydrogen (secondary N) is 1. The normalized spacial score (nSPS) is 14.4. The molecule has 2 aromatic rings. The van der Waals surface area contributed by atoms with E-state index in [0.29, 0.717) is 0 Å². The third-order valence-corrected chi connectivity index (χ3v) is 3.11. The van der Waals surface area contributed by atoms with Crippen molar-refractivity contribution in [3.05, 3.63) is 36.0 Å². The van der Waals surface area contributed by atoms with Crippen molar-refractivity contribution in [2.45, 2.75) is 38.3 Å². The highest BCUT2D eigenvalue weighted by atomic mass is 16.6. The summed E-state index contributed by atoms with van der Waals surface area (Å²) in [4.78, 5) is 15.3. The van der Waals surface area contributed by atoms with Crippen molar-refractivity contribution < 1.29 is 9.53 Å². The number of nitriles is 1. The van der Waals surface area contributed by atoms with Crippen molar-refractivity contribution in [2.24, 2.45) is 5.73 Å². The fourth-order valence-corrected chi connectivity index (χ4v) is 2.10. The van der Waals surface area contributed by atoms with Crippen molar-refractivity contribution in [3.63, 3.8) is 0 Å². The molecule has 1 aromatic heterocycles. The van der Waals surface area contributed by atoms with Gasteiger partial charge in [-0.1, -0.05) is 18.2 Å². The van der Waals surface area contributed by atoms with Crippen LogP contribution in [0.2, 0.25) is 0 Å². The van der Waals surface area contributed by atoms with E-state index in [1.165, 1.54) is 0 Å². The quantitative estimate of drug-likeness (QED) is 0.846. The predicted molar refractivity (Wildman–Crippen MR) is 80.4 cm³/mol. The number of para-hydroxylation sites is 1. The van der Waals surface area contributed by atoms with E-state index in [9.17, 15) is 10.1 Å². The minimum Gasteiger partial charge on any atom is -0.458 e. The number of fused-ring (bicyclic) bond motifs is 1. The van der Waals surface area contributed by atoms with E-state index >= 15 is 0 Å². The minimum atomic E-state index is -1.70. The van der Waals surface area contributed by atoms with Crippen LogP contribution in [0.15, 0.2) is 30.5 Å². The largest absolute Gasteiger partial charge is 0.458 e. The molecule has 0 unspecified atom stereocenters. The summed E-state index contributed by atoms with van der Waals surface area (Å²) in [5.41, 5.74) is 5.36. The highest BCUT2D eigenvalue weighted by molar-refractivity contribution is 5.88. The average molecular weight is 285 g/mol. The number of carbonyl (C=O) groups is 1. The Balaban J connectivity index is 2.30. The predicted octanol–water partition coefficient (Wildman–Crippen LogP) is 2.27. The second kappa shape index (κ2) is 5.23. The van der Waals surface area contributed by atoms with Gasteiger partial charge in [0.2, 0.25) is 5.54 Å². The van der Waals surface area contributed by atoms with E-state index in [1.807, 2.05) is 30.3 Å². The molecule has 21 heavy (non-hydrogen) atoms. The van der Waals surface area contributed by atoms with Crippen LogP contribution in [-0.2, 0) is 16.0 Å². The molecule has 110 valence electrons. The summed E-state index contributed by atoms with van der Waals surface area (Å²) in [6.07, 6.45) is 1.87. The molecule has 1 heterocycles. The molecule has 5 nitrogen and oxygen atoms in total. The Bertz CT molecular complexity index is 706. The lowest BCUT2D eigenvalue weighted by atomic mass is 9.93. The molecule has 0 aliphatic heterocycles. The van der Waals surface area contributed by atoms with Gasteiger partial charge in [-0.25, -0.2) is 4.79 Å². The molecule has 0 aliphatic rings. The van der Waals surface area contributed by atoms with Crippen LogP contribution in [0.1, 0.15) is 26.3 Å². The fourth-order valence-electron chi connectivity index (χ4n) is 2.10. The first-order valence-corrected chi connectivity index (χ1v) is 6.74. The number of hydrogen-bond donors (Lipinski definition) is 2. The van der Waals surface area contributed by atoms with E-state index in [-0.39, 0.29) is 6.42 Å². The molecule has 0 amide bonds. The summed E-state index contributed by atoms with van der Waals surface area (Å²) in [7, 11) is 0. The van der Waals surface area contributed by atoms with E-state index in [4.69, 9.17) is 10.5 Å². The summed E-state index contributed by atoms with van der Waals surface area (Å²) in [6, 6.07) is 9.56. The van der Waals surface area contributed by atoms with Gasteiger partial charge in [0, 0.05) is 23.5 Å². The molecule has 2 rings (SSSR count). The summed E-state index contributed by atoms with van der Waals surface area (Å²) in [5, 5.41) is 10.3.